The zero-order valence-electron chi connectivity index (χ0n) is 9.59. The molecule has 2 aromatic rings. The maximum atomic E-state index is 11.9. The number of carbonyl (C=O) groups is 1. The summed E-state index contributed by atoms with van der Waals surface area (Å²) >= 11 is 5.85. The Bertz CT molecular complexity index is 643. The van der Waals surface area contributed by atoms with Crippen molar-refractivity contribution in [2.45, 2.75) is 0 Å². The molecular weight excluding hydrogens is 270 g/mol. The van der Waals surface area contributed by atoms with E-state index in [9.17, 15) is 20.1 Å². The monoisotopic (exact) mass is 279 g/mol. The molecule has 0 heterocycles. The van der Waals surface area contributed by atoms with Crippen LogP contribution in [0.4, 0.5) is 5.69 Å². The van der Waals surface area contributed by atoms with Crippen molar-refractivity contribution < 1.29 is 20.1 Å². The van der Waals surface area contributed by atoms with Crippen LogP contribution in [-0.4, -0.2) is 21.2 Å². The maximum absolute atomic E-state index is 11.9. The van der Waals surface area contributed by atoms with Crippen molar-refractivity contribution in [2.75, 3.05) is 5.32 Å². The number of amides is 1. The van der Waals surface area contributed by atoms with Gasteiger partial charge in [-0.15, -0.1) is 0 Å². The molecule has 2 aromatic carbocycles. The summed E-state index contributed by atoms with van der Waals surface area (Å²) in [4.78, 5) is 11.9. The number of hydrogen-bond donors (Lipinski definition) is 4. The van der Waals surface area contributed by atoms with E-state index in [1.165, 1.54) is 30.3 Å². The molecule has 0 aromatic heterocycles. The molecule has 1 amide bonds. The van der Waals surface area contributed by atoms with Gasteiger partial charge in [-0.1, -0.05) is 11.6 Å². The van der Waals surface area contributed by atoms with E-state index >= 15 is 0 Å². The molecule has 0 radical (unpaired) electrons. The maximum Gasteiger partial charge on any atom is 0.259 e. The number of phenols is 3. The summed E-state index contributed by atoms with van der Waals surface area (Å²) < 4.78 is 0. The molecule has 0 bridgehead atoms. The number of aromatic hydroxyl groups is 3. The van der Waals surface area contributed by atoms with Crippen LogP contribution in [0.2, 0.25) is 5.02 Å². The van der Waals surface area contributed by atoms with E-state index < -0.39 is 5.91 Å². The van der Waals surface area contributed by atoms with Crippen LogP contribution in [0.3, 0.4) is 0 Å². The molecule has 0 aliphatic carbocycles. The SMILES string of the molecule is O=C(Nc1ccc(O)cc1Cl)c1cc(O)ccc1O. The molecule has 0 aliphatic rings. The van der Waals surface area contributed by atoms with E-state index in [0.29, 0.717) is 0 Å². The van der Waals surface area contributed by atoms with Gasteiger partial charge in [-0.25, -0.2) is 0 Å². The van der Waals surface area contributed by atoms with Gasteiger partial charge >= 0.3 is 0 Å². The summed E-state index contributed by atoms with van der Waals surface area (Å²) in [5.74, 6) is -1.05. The Balaban J connectivity index is 2.28. The second kappa shape index (κ2) is 5.07. The molecule has 4 N–H and O–H groups in total. The number of benzene rings is 2. The van der Waals surface area contributed by atoms with E-state index in [4.69, 9.17) is 11.6 Å². The summed E-state index contributed by atoms with van der Waals surface area (Å²) in [7, 11) is 0. The van der Waals surface area contributed by atoms with Crippen molar-refractivity contribution in [1.82, 2.24) is 0 Å². The third-order valence-electron chi connectivity index (χ3n) is 2.43. The quantitative estimate of drug-likeness (QED) is 0.636. The van der Waals surface area contributed by atoms with Gasteiger partial charge in [0.05, 0.1) is 16.3 Å². The molecule has 0 aliphatic heterocycles. The van der Waals surface area contributed by atoms with Gasteiger partial charge in [0.25, 0.3) is 5.91 Å². The van der Waals surface area contributed by atoms with Crippen LogP contribution in [0.1, 0.15) is 10.4 Å². The topological polar surface area (TPSA) is 89.8 Å². The number of carbonyl (C=O) groups excluding carboxylic acids is 1. The standard InChI is InChI=1S/C13H10ClNO4/c14-10-6-8(17)1-3-11(10)15-13(19)9-5-7(16)2-4-12(9)18/h1-6,16-18H,(H,15,19). The third kappa shape index (κ3) is 2.89. The lowest BCUT2D eigenvalue weighted by Crippen LogP contribution is -2.12. The Morgan fingerprint density at radius 2 is 1.63 bits per heavy atom. The molecule has 0 saturated carbocycles. The molecule has 2 rings (SSSR count). The largest absolute Gasteiger partial charge is 0.508 e. The van der Waals surface area contributed by atoms with Gasteiger partial charge < -0.3 is 20.6 Å². The lowest BCUT2D eigenvalue weighted by Gasteiger charge is -2.09. The number of anilines is 1. The molecule has 0 fully saturated rings. The van der Waals surface area contributed by atoms with Crippen molar-refractivity contribution in [3.63, 3.8) is 0 Å². The highest BCUT2D eigenvalue weighted by atomic mass is 35.5. The van der Waals surface area contributed by atoms with Crippen molar-refractivity contribution in [1.29, 1.82) is 0 Å². The van der Waals surface area contributed by atoms with Crippen molar-refractivity contribution in [3.05, 3.63) is 47.0 Å². The minimum Gasteiger partial charge on any atom is -0.508 e. The number of rotatable bonds is 2. The normalized spacial score (nSPS) is 10.2. The highest BCUT2D eigenvalue weighted by molar-refractivity contribution is 6.34. The second-order valence-corrected chi connectivity index (χ2v) is 4.23. The minimum atomic E-state index is -0.624. The Kier molecular flexibility index (Phi) is 3.48. The number of halogens is 1. The van der Waals surface area contributed by atoms with Crippen LogP contribution in [0.25, 0.3) is 0 Å². The van der Waals surface area contributed by atoms with E-state index in [1.807, 2.05) is 0 Å². The second-order valence-electron chi connectivity index (χ2n) is 3.82. The zero-order chi connectivity index (χ0) is 14.0. The zero-order valence-corrected chi connectivity index (χ0v) is 10.3. The molecule has 0 saturated heterocycles. The van der Waals surface area contributed by atoms with E-state index in [2.05, 4.69) is 5.32 Å². The van der Waals surface area contributed by atoms with Crippen molar-refractivity contribution >= 4 is 23.2 Å². The summed E-state index contributed by atoms with van der Waals surface area (Å²) in [6, 6.07) is 7.68. The highest BCUT2D eigenvalue weighted by Gasteiger charge is 2.13. The fourth-order valence-corrected chi connectivity index (χ4v) is 1.72. The van der Waals surface area contributed by atoms with Gasteiger partial charge in [0.2, 0.25) is 0 Å². The number of nitrogens with one attached hydrogen (secondary N) is 1. The predicted octanol–water partition coefficient (Wildman–Crippen LogP) is 2.71. The van der Waals surface area contributed by atoms with Gasteiger partial charge in [0, 0.05) is 6.07 Å². The van der Waals surface area contributed by atoms with Gasteiger partial charge in [0.15, 0.2) is 0 Å². The Labute approximate surface area is 113 Å². The summed E-state index contributed by atoms with van der Waals surface area (Å²) in [5, 5.41) is 30.7. The lowest BCUT2D eigenvalue weighted by molar-refractivity contribution is 0.102. The highest BCUT2D eigenvalue weighted by Crippen LogP contribution is 2.28. The summed E-state index contributed by atoms with van der Waals surface area (Å²) in [6.45, 7) is 0. The van der Waals surface area contributed by atoms with E-state index in [0.717, 1.165) is 6.07 Å². The Morgan fingerprint density at radius 3 is 2.32 bits per heavy atom. The minimum absolute atomic E-state index is 0.0248. The summed E-state index contributed by atoms with van der Waals surface area (Å²) in [6.07, 6.45) is 0. The average molecular weight is 280 g/mol. The number of hydrogen-bond acceptors (Lipinski definition) is 4. The smallest absolute Gasteiger partial charge is 0.259 e. The van der Waals surface area contributed by atoms with Crippen LogP contribution in [-0.2, 0) is 0 Å². The predicted molar refractivity (Wildman–Crippen MR) is 70.8 cm³/mol. The molecule has 98 valence electrons. The molecule has 5 nitrogen and oxygen atoms in total. The van der Waals surface area contributed by atoms with Crippen LogP contribution >= 0.6 is 11.6 Å². The lowest BCUT2D eigenvalue weighted by atomic mass is 10.1. The summed E-state index contributed by atoms with van der Waals surface area (Å²) in [5.41, 5.74) is 0.205. The Hall–Kier alpha value is -2.40. The molecule has 0 atom stereocenters. The van der Waals surface area contributed by atoms with Gasteiger partial charge in [-0.2, -0.15) is 0 Å². The van der Waals surface area contributed by atoms with E-state index in [1.54, 1.807) is 0 Å². The molecule has 19 heavy (non-hydrogen) atoms. The van der Waals surface area contributed by atoms with Crippen molar-refractivity contribution in [3.8, 4) is 17.2 Å². The van der Waals surface area contributed by atoms with Crippen LogP contribution < -0.4 is 5.32 Å². The number of phenolic OH excluding ortho intramolecular Hbond substituents is 3. The fourth-order valence-electron chi connectivity index (χ4n) is 1.50. The molecule has 0 spiro atoms. The van der Waals surface area contributed by atoms with Crippen LogP contribution in [0.15, 0.2) is 36.4 Å². The molecular formula is C13H10ClNO4. The van der Waals surface area contributed by atoms with Gasteiger partial charge in [-0.05, 0) is 30.3 Å². The first-order valence-electron chi connectivity index (χ1n) is 5.29. The van der Waals surface area contributed by atoms with Crippen LogP contribution in [0, 0.1) is 0 Å². The van der Waals surface area contributed by atoms with Crippen molar-refractivity contribution in [2.24, 2.45) is 0 Å². The Morgan fingerprint density at radius 1 is 1.00 bits per heavy atom. The first-order valence-corrected chi connectivity index (χ1v) is 5.67. The van der Waals surface area contributed by atoms with Gasteiger partial charge in [-0.3, -0.25) is 4.79 Å². The first-order chi connectivity index (χ1) is 8.97. The average Bonchev–Trinajstić information content (AvgIpc) is 2.35. The fraction of sp³-hybridized carbons (Fsp3) is 0. The first kappa shape index (κ1) is 13.0. The van der Waals surface area contributed by atoms with Gasteiger partial charge in [0.1, 0.15) is 17.2 Å². The molecule has 0 unspecified atom stereocenters. The molecule has 6 heteroatoms. The van der Waals surface area contributed by atoms with E-state index in [-0.39, 0.29) is 33.5 Å². The van der Waals surface area contributed by atoms with Crippen LogP contribution in [0.5, 0.6) is 17.2 Å². The third-order valence-corrected chi connectivity index (χ3v) is 2.74.